The van der Waals surface area contributed by atoms with Crippen molar-refractivity contribution in [2.75, 3.05) is 13.2 Å². The van der Waals surface area contributed by atoms with Crippen molar-refractivity contribution < 1.29 is 42.9 Å². The molecule has 0 aromatic rings. The van der Waals surface area contributed by atoms with E-state index in [2.05, 4.69) is 0 Å². The summed E-state index contributed by atoms with van der Waals surface area (Å²) in [6, 6.07) is 0. The van der Waals surface area contributed by atoms with Gasteiger partial charge in [-0.05, 0) is 0 Å². The van der Waals surface area contributed by atoms with Crippen molar-refractivity contribution in [3.8, 4) is 0 Å². The second kappa shape index (κ2) is 8.47. The van der Waals surface area contributed by atoms with Gasteiger partial charge in [0.1, 0.15) is 12.7 Å². The lowest BCUT2D eigenvalue weighted by Gasteiger charge is -2.40. The van der Waals surface area contributed by atoms with Crippen LogP contribution in [-0.2, 0) is 42.9 Å². The maximum absolute atomic E-state index is 11.3. The third-order valence-electron chi connectivity index (χ3n) is 2.90. The summed E-state index contributed by atoms with van der Waals surface area (Å²) in [4.78, 5) is 44.8. The Bertz CT molecular complexity index is 473. The summed E-state index contributed by atoms with van der Waals surface area (Å²) in [5.41, 5.74) is 0. The molecule has 1 aliphatic rings. The highest BCUT2D eigenvalue weighted by Crippen LogP contribution is 2.24. The third kappa shape index (κ3) is 6.23. The molecule has 23 heavy (non-hydrogen) atoms. The van der Waals surface area contributed by atoms with Gasteiger partial charge in [-0.1, -0.05) is 0 Å². The molecule has 1 unspecified atom stereocenters. The van der Waals surface area contributed by atoms with Crippen LogP contribution in [0.5, 0.6) is 0 Å². The quantitative estimate of drug-likeness (QED) is 0.496. The van der Waals surface area contributed by atoms with Crippen LogP contribution in [0.25, 0.3) is 0 Å². The van der Waals surface area contributed by atoms with Gasteiger partial charge >= 0.3 is 23.9 Å². The van der Waals surface area contributed by atoms with Gasteiger partial charge in [0.05, 0.1) is 6.61 Å². The zero-order chi connectivity index (χ0) is 17.6. The molecule has 0 saturated carbocycles. The van der Waals surface area contributed by atoms with Crippen molar-refractivity contribution in [3.05, 3.63) is 0 Å². The second-order valence-corrected chi connectivity index (χ2v) is 4.97. The highest BCUT2D eigenvalue weighted by atomic mass is 16.7. The van der Waals surface area contributed by atoms with Crippen LogP contribution in [0.15, 0.2) is 0 Å². The molecule has 1 rings (SSSR count). The second-order valence-electron chi connectivity index (χ2n) is 4.97. The summed E-state index contributed by atoms with van der Waals surface area (Å²) in [7, 11) is 0. The average molecular weight is 332 g/mol. The van der Waals surface area contributed by atoms with Gasteiger partial charge in [0.15, 0.2) is 18.3 Å². The summed E-state index contributed by atoms with van der Waals surface area (Å²) in [5, 5.41) is 0. The van der Waals surface area contributed by atoms with Gasteiger partial charge in [0, 0.05) is 27.7 Å². The van der Waals surface area contributed by atoms with E-state index in [1.165, 1.54) is 27.7 Å². The van der Waals surface area contributed by atoms with E-state index in [0.717, 1.165) is 0 Å². The van der Waals surface area contributed by atoms with E-state index in [9.17, 15) is 19.2 Å². The van der Waals surface area contributed by atoms with Crippen LogP contribution < -0.4 is 0 Å². The zero-order valence-corrected chi connectivity index (χ0v) is 13.4. The summed E-state index contributed by atoms with van der Waals surface area (Å²) in [5.74, 6) is -2.43. The SMILES string of the molecule is CC(=O)OC[C@H]1OC[C@H](OC(C)=O)[C@@H](OC(C)=O)C1OC(C)=O. The van der Waals surface area contributed by atoms with Crippen LogP contribution in [0.1, 0.15) is 27.7 Å². The minimum atomic E-state index is -1.08. The molecule has 1 heterocycles. The molecule has 1 saturated heterocycles. The fourth-order valence-corrected chi connectivity index (χ4v) is 2.16. The van der Waals surface area contributed by atoms with E-state index in [1.807, 2.05) is 0 Å². The molecule has 0 spiro atoms. The van der Waals surface area contributed by atoms with E-state index in [4.69, 9.17) is 23.7 Å². The number of ether oxygens (including phenoxy) is 5. The van der Waals surface area contributed by atoms with E-state index in [1.54, 1.807) is 0 Å². The van der Waals surface area contributed by atoms with Crippen molar-refractivity contribution in [1.82, 2.24) is 0 Å². The highest BCUT2D eigenvalue weighted by molar-refractivity contribution is 5.68. The zero-order valence-electron chi connectivity index (χ0n) is 13.4. The monoisotopic (exact) mass is 332 g/mol. The predicted molar refractivity (Wildman–Crippen MR) is 73.0 cm³/mol. The fraction of sp³-hybridized carbons (Fsp3) is 0.714. The standard InChI is InChI=1S/C14H20O9/c1-7(15)19-5-11-13(22-9(3)17)14(23-10(4)18)12(6-20-11)21-8(2)16/h11-14H,5-6H2,1-4H3/t11-,12+,13?,14-/m1/s1. The van der Waals surface area contributed by atoms with Crippen molar-refractivity contribution in [2.45, 2.75) is 52.1 Å². The number of hydrogen-bond donors (Lipinski definition) is 0. The molecule has 0 aromatic carbocycles. The van der Waals surface area contributed by atoms with Crippen LogP contribution in [0, 0.1) is 0 Å². The lowest BCUT2D eigenvalue weighted by Crippen LogP contribution is -2.58. The Hall–Kier alpha value is -2.16. The molecule has 0 aliphatic carbocycles. The van der Waals surface area contributed by atoms with Crippen molar-refractivity contribution in [2.24, 2.45) is 0 Å². The van der Waals surface area contributed by atoms with E-state index in [-0.39, 0.29) is 13.2 Å². The van der Waals surface area contributed by atoms with Crippen molar-refractivity contribution in [3.63, 3.8) is 0 Å². The largest absolute Gasteiger partial charge is 0.463 e. The smallest absolute Gasteiger partial charge is 0.303 e. The predicted octanol–water partition coefficient (Wildman–Crippen LogP) is -0.257. The molecule has 0 amide bonds. The normalized spacial score (nSPS) is 26.8. The Labute approximate surface area is 133 Å². The first-order chi connectivity index (χ1) is 10.7. The maximum atomic E-state index is 11.3. The lowest BCUT2D eigenvalue weighted by molar-refractivity contribution is -0.231. The molecule has 130 valence electrons. The summed E-state index contributed by atoms with van der Waals surface area (Å²) < 4.78 is 25.6. The molecular weight excluding hydrogens is 312 g/mol. The number of hydrogen-bond acceptors (Lipinski definition) is 9. The van der Waals surface area contributed by atoms with Gasteiger partial charge in [-0.3, -0.25) is 19.2 Å². The Balaban J connectivity index is 2.98. The number of carbonyl (C=O) groups excluding carboxylic acids is 4. The molecule has 9 nitrogen and oxygen atoms in total. The van der Waals surface area contributed by atoms with Crippen LogP contribution >= 0.6 is 0 Å². The Kier molecular flexibility index (Phi) is 6.95. The molecule has 0 radical (unpaired) electrons. The van der Waals surface area contributed by atoms with Crippen LogP contribution in [0.4, 0.5) is 0 Å². The molecule has 1 aliphatic heterocycles. The molecular formula is C14H20O9. The summed E-state index contributed by atoms with van der Waals surface area (Å²) in [6.45, 7) is 4.46. The van der Waals surface area contributed by atoms with Crippen LogP contribution in [0.3, 0.4) is 0 Å². The fourth-order valence-electron chi connectivity index (χ4n) is 2.16. The summed E-state index contributed by atoms with van der Waals surface area (Å²) in [6.07, 6.45) is -3.92. The Morgan fingerprint density at radius 3 is 1.83 bits per heavy atom. The van der Waals surface area contributed by atoms with E-state index >= 15 is 0 Å². The van der Waals surface area contributed by atoms with Gasteiger partial charge in [-0.15, -0.1) is 0 Å². The third-order valence-corrected chi connectivity index (χ3v) is 2.90. The maximum Gasteiger partial charge on any atom is 0.303 e. The molecule has 4 atom stereocenters. The van der Waals surface area contributed by atoms with Gasteiger partial charge < -0.3 is 23.7 Å². The Morgan fingerprint density at radius 2 is 1.35 bits per heavy atom. The van der Waals surface area contributed by atoms with E-state index < -0.39 is 48.3 Å². The lowest BCUT2D eigenvalue weighted by atomic mass is 9.99. The van der Waals surface area contributed by atoms with Crippen LogP contribution in [0.2, 0.25) is 0 Å². The van der Waals surface area contributed by atoms with Crippen molar-refractivity contribution in [1.29, 1.82) is 0 Å². The first-order valence-corrected chi connectivity index (χ1v) is 6.97. The first-order valence-electron chi connectivity index (χ1n) is 6.97. The molecule has 0 aromatic heterocycles. The van der Waals surface area contributed by atoms with Gasteiger partial charge in [-0.25, -0.2) is 0 Å². The molecule has 1 fully saturated rings. The first kappa shape index (κ1) is 18.9. The van der Waals surface area contributed by atoms with Crippen molar-refractivity contribution >= 4 is 23.9 Å². The topological polar surface area (TPSA) is 114 Å². The van der Waals surface area contributed by atoms with Crippen LogP contribution in [-0.4, -0.2) is 61.5 Å². The minimum absolute atomic E-state index is 0.0960. The number of esters is 4. The average Bonchev–Trinajstić information content (AvgIpc) is 2.39. The molecule has 0 N–H and O–H groups in total. The molecule has 9 heteroatoms. The highest BCUT2D eigenvalue weighted by Gasteiger charge is 2.47. The minimum Gasteiger partial charge on any atom is -0.463 e. The van der Waals surface area contributed by atoms with Gasteiger partial charge in [-0.2, -0.15) is 0 Å². The van der Waals surface area contributed by atoms with E-state index in [0.29, 0.717) is 0 Å². The summed E-state index contributed by atoms with van der Waals surface area (Å²) >= 11 is 0. The number of rotatable bonds is 5. The van der Waals surface area contributed by atoms with Gasteiger partial charge in [0.2, 0.25) is 0 Å². The molecule has 0 bridgehead atoms. The number of carbonyl (C=O) groups is 4. The Morgan fingerprint density at radius 1 is 0.826 bits per heavy atom. The van der Waals surface area contributed by atoms with Gasteiger partial charge in [0.25, 0.3) is 0 Å².